The van der Waals surface area contributed by atoms with E-state index in [9.17, 15) is 25.3 Å². The third kappa shape index (κ3) is 5.07. The Kier molecular flexibility index (Phi) is 6.59. The van der Waals surface area contributed by atoms with Crippen LogP contribution in [0.1, 0.15) is 42.1 Å². The molecule has 4 N–H and O–H groups in total. The van der Waals surface area contributed by atoms with Crippen molar-refractivity contribution >= 4 is 23.1 Å². The van der Waals surface area contributed by atoms with Gasteiger partial charge >= 0.3 is 0 Å². The highest BCUT2D eigenvalue weighted by Gasteiger charge is 2.17. The number of aryl methyl sites for hydroxylation is 1. The maximum Gasteiger partial charge on any atom is 0.269 e. The highest BCUT2D eigenvalue weighted by Crippen LogP contribution is 2.32. The Bertz CT molecular complexity index is 1280. The van der Waals surface area contributed by atoms with Crippen LogP contribution in [0.4, 0.5) is 17.2 Å². The molecule has 9 nitrogen and oxygen atoms in total. The third-order valence-electron chi connectivity index (χ3n) is 5.21. The smallest absolute Gasteiger partial charge is 0.269 e. The first-order chi connectivity index (χ1) is 15.6. The Hall–Kier alpha value is -4.45. The zero-order valence-corrected chi connectivity index (χ0v) is 18.4. The fraction of sp³-hybridized carbons (Fsp3) is 0.208. The van der Waals surface area contributed by atoms with Gasteiger partial charge in [0, 0.05) is 23.4 Å². The number of nitrogens with two attached hydrogens (primary N) is 1. The maximum absolute atomic E-state index is 12.7. The lowest BCUT2D eigenvalue weighted by Crippen LogP contribution is -2.17. The average molecular weight is 445 g/mol. The van der Waals surface area contributed by atoms with Gasteiger partial charge in [0.25, 0.3) is 5.69 Å². The average Bonchev–Trinajstić information content (AvgIpc) is 2.75. The van der Waals surface area contributed by atoms with Crippen LogP contribution in [-0.2, 0) is 11.2 Å². The lowest BCUT2D eigenvalue weighted by Gasteiger charge is -2.15. The molecule has 0 saturated heterocycles. The van der Waals surface area contributed by atoms with Crippen LogP contribution in [0.25, 0.3) is 11.1 Å². The second-order valence-corrected chi connectivity index (χ2v) is 7.94. The van der Waals surface area contributed by atoms with E-state index in [0.29, 0.717) is 28.1 Å². The maximum atomic E-state index is 12.7. The van der Waals surface area contributed by atoms with Gasteiger partial charge in [0.1, 0.15) is 23.2 Å². The van der Waals surface area contributed by atoms with Crippen LogP contribution in [0, 0.1) is 28.4 Å². The molecule has 0 aliphatic heterocycles. The monoisotopic (exact) mass is 445 g/mol. The summed E-state index contributed by atoms with van der Waals surface area (Å²) in [5.41, 5.74) is 9.36. The number of hydrogen-bond donors (Lipinski definition) is 3. The summed E-state index contributed by atoms with van der Waals surface area (Å²) in [6.07, 6.45) is -0.104. The Balaban J connectivity index is 1.90. The zero-order chi connectivity index (χ0) is 24.3. The van der Waals surface area contributed by atoms with Gasteiger partial charge in [0.05, 0.1) is 17.0 Å². The van der Waals surface area contributed by atoms with Gasteiger partial charge in [-0.1, -0.05) is 13.8 Å². The molecular formula is C24H23N5O4. The van der Waals surface area contributed by atoms with Crippen molar-refractivity contribution in [3.05, 3.63) is 75.0 Å². The van der Waals surface area contributed by atoms with E-state index in [1.165, 1.54) is 24.3 Å². The summed E-state index contributed by atoms with van der Waals surface area (Å²) in [4.78, 5) is 27.3. The number of phenolic OH excluding ortho intramolecular Hbond substituents is 1. The van der Waals surface area contributed by atoms with Crippen molar-refractivity contribution in [2.24, 2.45) is 0 Å². The summed E-state index contributed by atoms with van der Waals surface area (Å²) in [6.45, 7) is 5.67. The molecule has 168 valence electrons. The number of nitro benzene ring substituents is 1. The number of nitriles is 1. The van der Waals surface area contributed by atoms with E-state index in [1.54, 1.807) is 25.1 Å². The van der Waals surface area contributed by atoms with Gasteiger partial charge in [-0.2, -0.15) is 5.26 Å². The SMILES string of the molecule is Cc1cc(O)c(C(C)C)cc1NC(=O)Cc1cc(-c2ccc([N+](=O)[O-])cc2)c(C#N)c(N)n1. The van der Waals surface area contributed by atoms with E-state index >= 15 is 0 Å². The van der Waals surface area contributed by atoms with Crippen LogP contribution in [-0.4, -0.2) is 20.9 Å². The topological polar surface area (TPSA) is 155 Å². The predicted molar refractivity (Wildman–Crippen MR) is 125 cm³/mol. The Morgan fingerprint density at radius 2 is 1.94 bits per heavy atom. The Morgan fingerprint density at radius 3 is 2.52 bits per heavy atom. The molecule has 3 rings (SSSR count). The number of hydrogen-bond acceptors (Lipinski definition) is 7. The summed E-state index contributed by atoms with van der Waals surface area (Å²) >= 11 is 0. The van der Waals surface area contributed by atoms with Crippen molar-refractivity contribution in [3.8, 4) is 22.9 Å². The number of anilines is 2. The van der Waals surface area contributed by atoms with Gasteiger partial charge in [0.2, 0.25) is 5.91 Å². The van der Waals surface area contributed by atoms with Crippen molar-refractivity contribution in [2.45, 2.75) is 33.1 Å². The Morgan fingerprint density at radius 1 is 1.27 bits per heavy atom. The number of nitrogens with zero attached hydrogens (tertiary/aromatic N) is 3. The number of benzene rings is 2. The standard InChI is InChI=1S/C24H23N5O4/c1-13(2)18-11-21(14(3)8-22(18)30)28-23(31)10-16-9-19(20(12-25)24(26)27-16)15-4-6-17(7-5-15)29(32)33/h4-9,11,13,30H,10H2,1-3H3,(H2,26,27)(H,28,31). The lowest BCUT2D eigenvalue weighted by molar-refractivity contribution is -0.384. The molecule has 3 aromatic rings. The molecule has 0 aliphatic carbocycles. The van der Waals surface area contributed by atoms with Gasteiger partial charge < -0.3 is 16.2 Å². The summed E-state index contributed by atoms with van der Waals surface area (Å²) in [5.74, 6) is -0.121. The number of non-ortho nitro benzene ring substituents is 1. The number of amides is 1. The normalized spacial score (nSPS) is 10.6. The summed E-state index contributed by atoms with van der Waals surface area (Å²) < 4.78 is 0. The van der Waals surface area contributed by atoms with Crippen LogP contribution in [0.5, 0.6) is 5.75 Å². The van der Waals surface area contributed by atoms with E-state index in [1.807, 2.05) is 19.9 Å². The molecule has 0 atom stereocenters. The molecule has 0 aliphatic rings. The molecule has 1 amide bonds. The van der Waals surface area contributed by atoms with E-state index in [4.69, 9.17) is 5.73 Å². The van der Waals surface area contributed by atoms with Crippen molar-refractivity contribution in [1.82, 2.24) is 4.98 Å². The molecule has 0 bridgehead atoms. The second-order valence-electron chi connectivity index (χ2n) is 7.94. The van der Waals surface area contributed by atoms with E-state index in [-0.39, 0.29) is 41.1 Å². The molecule has 0 unspecified atom stereocenters. The number of nitrogen functional groups attached to an aromatic ring is 1. The van der Waals surface area contributed by atoms with Crippen LogP contribution in [0.15, 0.2) is 42.5 Å². The first kappa shape index (κ1) is 23.2. The van der Waals surface area contributed by atoms with E-state index in [0.717, 1.165) is 5.56 Å². The first-order valence-corrected chi connectivity index (χ1v) is 10.2. The van der Waals surface area contributed by atoms with Crippen LogP contribution in [0.2, 0.25) is 0 Å². The third-order valence-corrected chi connectivity index (χ3v) is 5.21. The number of carbonyl (C=O) groups excluding carboxylic acids is 1. The van der Waals surface area contributed by atoms with Gasteiger partial charge in [-0.25, -0.2) is 4.98 Å². The largest absolute Gasteiger partial charge is 0.508 e. The zero-order valence-electron chi connectivity index (χ0n) is 18.4. The minimum absolute atomic E-state index is 0.0286. The highest BCUT2D eigenvalue weighted by atomic mass is 16.6. The molecule has 0 saturated carbocycles. The van der Waals surface area contributed by atoms with Crippen molar-refractivity contribution < 1.29 is 14.8 Å². The number of nitrogens with one attached hydrogen (secondary N) is 1. The molecule has 2 aromatic carbocycles. The van der Waals surface area contributed by atoms with E-state index in [2.05, 4.69) is 10.3 Å². The van der Waals surface area contributed by atoms with Crippen molar-refractivity contribution in [3.63, 3.8) is 0 Å². The minimum atomic E-state index is -0.512. The second kappa shape index (κ2) is 9.36. The van der Waals surface area contributed by atoms with Crippen molar-refractivity contribution in [2.75, 3.05) is 11.1 Å². The predicted octanol–water partition coefficient (Wildman–Crippen LogP) is 4.43. The highest BCUT2D eigenvalue weighted by molar-refractivity contribution is 5.93. The first-order valence-electron chi connectivity index (χ1n) is 10.2. The molecule has 9 heteroatoms. The molecule has 0 fully saturated rings. The van der Waals surface area contributed by atoms with Crippen LogP contribution < -0.4 is 11.1 Å². The molecule has 0 radical (unpaired) electrons. The van der Waals surface area contributed by atoms with Gasteiger partial charge in [-0.05, 0) is 59.9 Å². The van der Waals surface area contributed by atoms with Crippen molar-refractivity contribution in [1.29, 1.82) is 5.26 Å². The number of phenols is 1. The number of aromatic nitrogens is 1. The summed E-state index contributed by atoms with van der Waals surface area (Å²) in [7, 11) is 0. The van der Waals surface area contributed by atoms with Gasteiger partial charge in [0.15, 0.2) is 0 Å². The molecular weight excluding hydrogens is 422 g/mol. The van der Waals surface area contributed by atoms with Crippen LogP contribution >= 0.6 is 0 Å². The summed E-state index contributed by atoms with van der Waals surface area (Å²) in [5, 5.41) is 33.4. The Labute approximate surface area is 190 Å². The number of rotatable bonds is 6. The lowest BCUT2D eigenvalue weighted by atomic mass is 9.98. The number of nitro groups is 1. The summed E-state index contributed by atoms with van der Waals surface area (Å²) in [6, 6.07) is 12.6. The van der Waals surface area contributed by atoms with Gasteiger partial charge in [-0.15, -0.1) is 0 Å². The van der Waals surface area contributed by atoms with E-state index < -0.39 is 4.92 Å². The fourth-order valence-electron chi connectivity index (χ4n) is 3.48. The van der Waals surface area contributed by atoms with Gasteiger partial charge in [-0.3, -0.25) is 14.9 Å². The molecule has 33 heavy (non-hydrogen) atoms. The number of carbonyl (C=O) groups is 1. The quantitative estimate of drug-likeness (QED) is 0.288. The molecule has 1 aromatic heterocycles. The van der Waals surface area contributed by atoms with Crippen LogP contribution in [0.3, 0.4) is 0 Å². The molecule has 0 spiro atoms. The fourth-order valence-corrected chi connectivity index (χ4v) is 3.48. The minimum Gasteiger partial charge on any atom is -0.508 e. The molecule has 1 heterocycles. The number of aromatic hydroxyl groups is 1. The number of pyridine rings is 1.